The topological polar surface area (TPSA) is 69.7 Å². The number of benzene rings is 1. The molecule has 6 nitrogen and oxygen atoms in total. The normalized spacial score (nSPS) is 15.1. The van der Waals surface area contributed by atoms with Crippen molar-refractivity contribution >= 4 is 28.1 Å². The summed E-state index contributed by atoms with van der Waals surface area (Å²) in [6.07, 6.45) is 3.62. The highest BCUT2D eigenvalue weighted by Gasteiger charge is 2.17. The van der Waals surface area contributed by atoms with Crippen molar-refractivity contribution in [3.05, 3.63) is 35.6 Å². The number of H-pyrrole nitrogens is 1. The molecule has 0 bridgehead atoms. The molecule has 23 heavy (non-hydrogen) atoms. The molecule has 3 heterocycles. The van der Waals surface area contributed by atoms with Crippen molar-refractivity contribution < 1.29 is 0 Å². The van der Waals surface area contributed by atoms with Crippen LogP contribution in [0.3, 0.4) is 0 Å². The second-order valence-corrected chi connectivity index (χ2v) is 6.67. The monoisotopic (exact) mass is 346 g/mol. The van der Waals surface area contributed by atoms with Crippen molar-refractivity contribution in [3.8, 4) is 21.7 Å². The van der Waals surface area contributed by atoms with Crippen molar-refractivity contribution in [2.45, 2.75) is 0 Å². The van der Waals surface area contributed by atoms with Gasteiger partial charge in [0.05, 0.1) is 11.2 Å². The summed E-state index contributed by atoms with van der Waals surface area (Å²) in [6.45, 7) is 3.88. The average molecular weight is 347 g/mol. The van der Waals surface area contributed by atoms with Crippen molar-refractivity contribution in [1.82, 2.24) is 25.7 Å². The summed E-state index contributed by atoms with van der Waals surface area (Å²) in [6, 6.07) is 5.96. The molecule has 0 radical (unpaired) electrons. The minimum atomic E-state index is 0.673. The molecular formula is C15H15ClN6S. The number of aromatic amines is 1. The molecule has 0 saturated carbocycles. The molecule has 2 N–H and O–H groups in total. The maximum Gasteiger partial charge on any atom is 0.208 e. The summed E-state index contributed by atoms with van der Waals surface area (Å²) < 4.78 is 0. The van der Waals surface area contributed by atoms with E-state index in [4.69, 9.17) is 11.6 Å². The molecule has 4 rings (SSSR count). The highest BCUT2D eigenvalue weighted by Crippen LogP contribution is 2.35. The molecule has 0 unspecified atom stereocenters. The lowest BCUT2D eigenvalue weighted by molar-refractivity contribution is 0.587. The Hall–Kier alpha value is -1.96. The van der Waals surface area contributed by atoms with Crippen LogP contribution in [0.1, 0.15) is 0 Å². The highest BCUT2D eigenvalue weighted by molar-refractivity contribution is 7.18. The number of piperazine rings is 1. The number of nitrogens with one attached hydrogen (secondary N) is 2. The van der Waals surface area contributed by atoms with Crippen molar-refractivity contribution in [2.75, 3.05) is 31.1 Å². The van der Waals surface area contributed by atoms with Gasteiger partial charge in [-0.3, -0.25) is 5.10 Å². The number of hydrogen-bond acceptors (Lipinski definition) is 6. The van der Waals surface area contributed by atoms with Crippen LogP contribution in [-0.4, -0.2) is 46.6 Å². The first-order valence-electron chi connectivity index (χ1n) is 7.39. The van der Waals surface area contributed by atoms with Gasteiger partial charge in [0.15, 0.2) is 5.01 Å². The Morgan fingerprint density at radius 2 is 2.00 bits per heavy atom. The van der Waals surface area contributed by atoms with E-state index in [1.807, 2.05) is 24.4 Å². The molecule has 118 valence electrons. The SMILES string of the molecule is Clc1cc(-c2cn[nH]c2)ccc1-c1nnc(N2CCNCC2)s1. The Balaban J connectivity index is 1.62. The van der Waals surface area contributed by atoms with Crippen LogP contribution in [0, 0.1) is 0 Å². The average Bonchev–Trinajstić information content (AvgIpc) is 3.27. The lowest BCUT2D eigenvalue weighted by atomic mass is 10.1. The Morgan fingerprint density at radius 1 is 1.13 bits per heavy atom. The van der Waals surface area contributed by atoms with Crippen molar-refractivity contribution in [1.29, 1.82) is 0 Å². The Labute approximate surface area is 142 Å². The number of hydrogen-bond donors (Lipinski definition) is 2. The third-order valence-electron chi connectivity index (χ3n) is 3.83. The fourth-order valence-corrected chi connectivity index (χ4v) is 3.85. The van der Waals surface area contributed by atoms with Gasteiger partial charge in [-0.1, -0.05) is 29.0 Å². The fourth-order valence-electron chi connectivity index (χ4n) is 2.59. The van der Waals surface area contributed by atoms with Crippen LogP contribution < -0.4 is 10.2 Å². The summed E-state index contributed by atoms with van der Waals surface area (Å²) in [5.41, 5.74) is 2.95. The zero-order valence-electron chi connectivity index (χ0n) is 12.3. The third kappa shape index (κ3) is 2.95. The molecule has 1 aliphatic heterocycles. The van der Waals surface area contributed by atoms with Crippen LogP contribution >= 0.6 is 22.9 Å². The van der Waals surface area contributed by atoms with E-state index in [9.17, 15) is 0 Å². The van der Waals surface area contributed by atoms with Crippen LogP contribution in [-0.2, 0) is 0 Å². The molecular weight excluding hydrogens is 332 g/mol. The second-order valence-electron chi connectivity index (χ2n) is 5.31. The lowest BCUT2D eigenvalue weighted by Crippen LogP contribution is -2.43. The van der Waals surface area contributed by atoms with E-state index in [0.29, 0.717) is 5.02 Å². The molecule has 2 aromatic heterocycles. The molecule has 0 aliphatic carbocycles. The molecule has 0 spiro atoms. The van der Waals surface area contributed by atoms with Crippen LogP contribution in [0.15, 0.2) is 30.6 Å². The zero-order chi connectivity index (χ0) is 15.6. The van der Waals surface area contributed by atoms with E-state index in [0.717, 1.165) is 53.0 Å². The van der Waals surface area contributed by atoms with Gasteiger partial charge in [0, 0.05) is 43.5 Å². The zero-order valence-corrected chi connectivity index (χ0v) is 13.9. The number of rotatable bonds is 3. The maximum absolute atomic E-state index is 6.46. The van der Waals surface area contributed by atoms with E-state index < -0.39 is 0 Å². The van der Waals surface area contributed by atoms with Gasteiger partial charge in [0.2, 0.25) is 5.13 Å². The molecule has 1 aromatic carbocycles. The Kier molecular flexibility index (Phi) is 3.99. The Morgan fingerprint density at radius 3 is 2.74 bits per heavy atom. The van der Waals surface area contributed by atoms with Gasteiger partial charge in [-0.15, -0.1) is 10.2 Å². The summed E-state index contributed by atoms with van der Waals surface area (Å²) in [7, 11) is 0. The quantitative estimate of drug-likeness (QED) is 0.763. The Bertz CT molecular complexity index is 794. The second kappa shape index (κ2) is 6.27. The summed E-state index contributed by atoms with van der Waals surface area (Å²) in [4.78, 5) is 2.26. The first kappa shape index (κ1) is 14.6. The number of halogens is 1. The van der Waals surface area contributed by atoms with Gasteiger partial charge >= 0.3 is 0 Å². The summed E-state index contributed by atoms with van der Waals surface area (Å²) >= 11 is 8.04. The minimum Gasteiger partial charge on any atom is -0.344 e. The first-order chi connectivity index (χ1) is 11.3. The van der Waals surface area contributed by atoms with Gasteiger partial charge in [-0.25, -0.2) is 0 Å². The van der Waals surface area contributed by atoms with E-state index >= 15 is 0 Å². The van der Waals surface area contributed by atoms with Crippen molar-refractivity contribution in [3.63, 3.8) is 0 Å². The summed E-state index contributed by atoms with van der Waals surface area (Å²) in [5, 5.41) is 21.2. The molecule has 0 amide bonds. The predicted molar refractivity (Wildman–Crippen MR) is 93.0 cm³/mol. The van der Waals surface area contributed by atoms with E-state index in [2.05, 4.69) is 30.6 Å². The minimum absolute atomic E-state index is 0.673. The van der Waals surface area contributed by atoms with Crippen LogP contribution in [0.25, 0.3) is 21.7 Å². The van der Waals surface area contributed by atoms with Gasteiger partial charge in [0.1, 0.15) is 0 Å². The molecule has 1 fully saturated rings. The predicted octanol–water partition coefficient (Wildman–Crippen LogP) is 2.66. The molecule has 0 atom stereocenters. The van der Waals surface area contributed by atoms with E-state index in [1.54, 1.807) is 17.5 Å². The lowest BCUT2D eigenvalue weighted by Gasteiger charge is -2.26. The number of nitrogens with zero attached hydrogens (tertiary/aromatic N) is 4. The van der Waals surface area contributed by atoms with E-state index in [1.165, 1.54) is 0 Å². The van der Waals surface area contributed by atoms with Gasteiger partial charge in [-0.05, 0) is 17.7 Å². The van der Waals surface area contributed by atoms with Gasteiger partial charge in [0.25, 0.3) is 0 Å². The molecule has 1 saturated heterocycles. The molecule has 1 aliphatic rings. The number of anilines is 1. The van der Waals surface area contributed by atoms with Crippen LogP contribution in [0.2, 0.25) is 5.02 Å². The third-order valence-corrected chi connectivity index (χ3v) is 5.16. The van der Waals surface area contributed by atoms with Gasteiger partial charge < -0.3 is 10.2 Å². The first-order valence-corrected chi connectivity index (χ1v) is 8.59. The maximum atomic E-state index is 6.46. The molecule has 3 aromatic rings. The smallest absolute Gasteiger partial charge is 0.208 e. The summed E-state index contributed by atoms with van der Waals surface area (Å²) in [5.74, 6) is 0. The largest absolute Gasteiger partial charge is 0.344 e. The van der Waals surface area contributed by atoms with Crippen LogP contribution in [0.5, 0.6) is 0 Å². The van der Waals surface area contributed by atoms with Crippen molar-refractivity contribution in [2.24, 2.45) is 0 Å². The van der Waals surface area contributed by atoms with Crippen LogP contribution in [0.4, 0.5) is 5.13 Å². The fraction of sp³-hybridized carbons (Fsp3) is 0.267. The highest BCUT2D eigenvalue weighted by atomic mass is 35.5. The van der Waals surface area contributed by atoms with E-state index in [-0.39, 0.29) is 0 Å². The van der Waals surface area contributed by atoms with Gasteiger partial charge in [-0.2, -0.15) is 5.10 Å². The standard InChI is InChI=1S/C15H15ClN6S/c16-13-7-10(11-8-18-19-9-11)1-2-12(13)14-20-21-15(23-14)22-5-3-17-4-6-22/h1-2,7-9,17H,3-6H2,(H,18,19). The molecule has 8 heteroatoms. The number of aromatic nitrogens is 4.